The molecular formula is C12H27N3O. The molecule has 0 radical (unpaired) electrons. The van der Waals surface area contributed by atoms with Crippen molar-refractivity contribution < 1.29 is 5.21 Å². The lowest BCUT2D eigenvalue weighted by Gasteiger charge is -2.26. The number of hydrogen-bond acceptors (Lipinski definition) is 3. The van der Waals surface area contributed by atoms with Crippen molar-refractivity contribution in [1.29, 1.82) is 0 Å². The largest absolute Gasteiger partial charge is 0.409 e. The molecule has 0 unspecified atom stereocenters. The molecule has 0 bridgehead atoms. The van der Waals surface area contributed by atoms with Crippen LogP contribution in [0.4, 0.5) is 0 Å². The summed E-state index contributed by atoms with van der Waals surface area (Å²) in [4.78, 5) is 2.31. The van der Waals surface area contributed by atoms with Crippen LogP contribution in [0.15, 0.2) is 5.16 Å². The summed E-state index contributed by atoms with van der Waals surface area (Å²) >= 11 is 0. The minimum absolute atomic E-state index is 0.228. The average Bonchev–Trinajstić information content (AvgIpc) is 2.25. The van der Waals surface area contributed by atoms with Gasteiger partial charge >= 0.3 is 0 Å². The predicted molar refractivity (Wildman–Crippen MR) is 68.8 cm³/mol. The van der Waals surface area contributed by atoms with E-state index in [1.807, 2.05) is 13.8 Å². The second kappa shape index (κ2) is 7.49. The fraction of sp³-hybridized carbons (Fsp3) is 0.917. The molecule has 0 saturated heterocycles. The van der Waals surface area contributed by atoms with Crippen molar-refractivity contribution in [2.45, 2.75) is 46.5 Å². The standard InChI is InChI=1S/C12H27N3O/c1-5-6-7-9-15(4)10-8-12(2,3)11(13)14-16/h16H,5-10H2,1-4H3,(H2,13,14). The lowest BCUT2D eigenvalue weighted by Crippen LogP contribution is -2.35. The lowest BCUT2D eigenvalue weighted by molar-refractivity contribution is 0.273. The molecule has 0 atom stereocenters. The molecule has 16 heavy (non-hydrogen) atoms. The molecule has 0 aromatic heterocycles. The summed E-state index contributed by atoms with van der Waals surface area (Å²) in [6, 6.07) is 0. The molecule has 0 aromatic rings. The zero-order valence-electron chi connectivity index (χ0n) is 11.2. The maximum atomic E-state index is 8.66. The molecule has 96 valence electrons. The summed E-state index contributed by atoms with van der Waals surface area (Å²) in [7, 11) is 2.12. The molecule has 0 aliphatic heterocycles. The quantitative estimate of drug-likeness (QED) is 0.221. The van der Waals surface area contributed by atoms with Crippen molar-refractivity contribution in [3.05, 3.63) is 0 Å². The SMILES string of the molecule is CCCCCN(C)CCC(C)(C)C(N)=NO. The highest BCUT2D eigenvalue weighted by atomic mass is 16.4. The Hall–Kier alpha value is -0.770. The third-order valence-corrected chi connectivity index (χ3v) is 3.06. The molecule has 0 fully saturated rings. The van der Waals surface area contributed by atoms with Crippen molar-refractivity contribution in [3.8, 4) is 0 Å². The Balaban J connectivity index is 3.86. The summed E-state index contributed by atoms with van der Waals surface area (Å²) in [5.74, 6) is 0.314. The highest BCUT2D eigenvalue weighted by Crippen LogP contribution is 2.20. The van der Waals surface area contributed by atoms with Crippen molar-refractivity contribution in [1.82, 2.24) is 4.90 Å². The van der Waals surface area contributed by atoms with E-state index < -0.39 is 0 Å². The van der Waals surface area contributed by atoms with Gasteiger partial charge in [0.2, 0.25) is 0 Å². The minimum atomic E-state index is -0.228. The highest BCUT2D eigenvalue weighted by molar-refractivity contribution is 5.85. The van der Waals surface area contributed by atoms with Gasteiger partial charge in [-0.3, -0.25) is 0 Å². The van der Waals surface area contributed by atoms with Gasteiger partial charge in [0.1, 0.15) is 5.84 Å². The molecule has 0 amide bonds. The fourth-order valence-electron chi connectivity index (χ4n) is 1.48. The van der Waals surface area contributed by atoms with Crippen LogP contribution in [0.2, 0.25) is 0 Å². The van der Waals surface area contributed by atoms with Crippen LogP contribution < -0.4 is 5.73 Å². The molecule has 0 aliphatic carbocycles. The van der Waals surface area contributed by atoms with Crippen LogP contribution in [0.5, 0.6) is 0 Å². The number of unbranched alkanes of at least 4 members (excludes halogenated alkanes) is 2. The summed E-state index contributed by atoms with van der Waals surface area (Å²) in [6.45, 7) is 8.32. The van der Waals surface area contributed by atoms with E-state index in [1.165, 1.54) is 19.3 Å². The first kappa shape index (κ1) is 15.2. The smallest absolute Gasteiger partial charge is 0.144 e. The van der Waals surface area contributed by atoms with Gasteiger partial charge < -0.3 is 15.8 Å². The molecule has 0 heterocycles. The first-order valence-corrected chi connectivity index (χ1v) is 6.10. The average molecular weight is 229 g/mol. The Labute approximate surface area is 99.5 Å². The fourth-order valence-corrected chi connectivity index (χ4v) is 1.48. The molecule has 0 aromatic carbocycles. The molecule has 0 saturated carbocycles. The van der Waals surface area contributed by atoms with Crippen LogP contribution in [0.3, 0.4) is 0 Å². The second-order valence-electron chi connectivity index (χ2n) is 5.13. The van der Waals surface area contributed by atoms with Gasteiger partial charge in [-0.2, -0.15) is 0 Å². The molecule has 3 N–H and O–H groups in total. The van der Waals surface area contributed by atoms with Crippen LogP contribution in [-0.4, -0.2) is 36.1 Å². The Morgan fingerprint density at radius 2 is 1.94 bits per heavy atom. The van der Waals surface area contributed by atoms with Crippen molar-refractivity contribution in [3.63, 3.8) is 0 Å². The van der Waals surface area contributed by atoms with E-state index in [9.17, 15) is 0 Å². The van der Waals surface area contributed by atoms with E-state index >= 15 is 0 Å². The number of nitrogens with two attached hydrogens (primary N) is 1. The Bertz CT molecular complexity index is 214. The molecule has 0 aliphatic rings. The topological polar surface area (TPSA) is 61.8 Å². The van der Waals surface area contributed by atoms with Gasteiger partial charge in [0.15, 0.2) is 0 Å². The molecule has 4 nitrogen and oxygen atoms in total. The molecule has 4 heteroatoms. The first-order valence-electron chi connectivity index (χ1n) is 6.10. The lowest BCUT2D eigenvalue weighted by atomic mass is 9.88. The normalized spacial score (nSPS) is 13.4. The minimum Gasteiger partial charge on any atom is -0.409 e. The maximum absolute atomic E-state index is 8.66. The Morgan fingerprint density at radius 3 is 2.44 bits per heavy atom. The third kappa shape index (κ3) is 5.95. The molecular weight excluding hydrogens is 202 g/mol. The van der Waals surface area contributed by atoms with E-state index in [-0.39, 0.29) is 5.41 Å². The summed E-state index contributed by atoms with van der Waals surface area (Å²) in [6.07, 6.45) is 4.69. The van der Waals surface area contributed by atoms with Gasteiger partial charge in [-0.25, -0.2) is 0 Å². The van der Waals surface area contributed by atoms with E-state index in [2.05, 4.69) is 24.0 Å². The monoisotopic (exact) mass is 229 g/mol. The number of amidine groups is 1. The zero-order valence-corrected chi connectivity index (χ0v) is 11.2. The number of nitrogens with zero attached hydrogens (tertiary/aromatic N) is 2. The van der Waals surface area contributed by atoms with Crippen LogP contribution in [0, 0.1) is 5.41 Å². The van der Waals surface area contributed by atoms with E-state index in [4.69, 9.17) is 10.9 Å². The van der Waals surface area contributed by atoms with Crippen LogP contribution in [-0.2, 0) is 0 Å². The van der Waals surface area contributed by atoms with Crippen LogP contribution in [0.1, 0.15) is 46.5 Å². The van der Waals surface area contributed by atoms with Crippen molar-refractivity contribution in [2.24, 2.45) is 16.3 Å². The van der Waals surface area contributed by atoms with Crippen LogP contribution in [0.25, 0.3) is 0 Å². The van der Waals surface area contributed by atoms with E-state index in [1.54, 1.807) is 0 Å². The van der Waals surface area contributed by atoms with Crippen molar-refractivity contribution >= 4 is 5.84 Å². The summed E-state index contributed by atoms with van der Waals surface area (Å²) in [5.41, 5.74) is 5.41. The highest BCUT2D eigenvalue weighted by Gasteiger charge is 2.23. The van der Waals surface area contributed by atoms with Gasteiger partial charge in [-0.1, -0.05) is 38.8 Å². The van der Waals surface area contributed by atoms with Gasteiger partial charge in [-0.15, -0.1) is 0 Å². The molecule has 0 rings (SSSR count). The van der Waals surface area contributed by atoms with Crippen LogP contribution >= 0.6 is 0 Å². The van der Waals surface area contributed by atoms with Gasteiger partial charge in [-0.05, 0) is 33.0 Å². The van der Waals surface area contributed by atoms with Gasteiger partial charge in [0.05, 0.1) is 0 Å². The number of rotatable bonds is 8. The number of hydrogen-bond donors (Lipinski definition) is 2. The van der Waals surface area contributed by atoms with Gasteiger partial charge in [0.25, 0.3) is 0 Å². The Morgan fingerprint density at radius 1 is 1.31 bits per heavy atom. The number of oxime groups is 1. The zero-order chi connectivity index (χ0) is 12.6. The predicted octanol–water partition coefficient (Wildman–Crippen LogP) is 2.27. The van der Waals surface area contributed by atoms with E-state index in [0.717, 1.165) is 19.5 Å². The third-order valence-electron chi connectivity index (χ3n) is 3.06. The molecule has 0 spiro atoms. The Kier molecular flexibility index (Phi) is 7.13. The summed E-state index contributed by atoms with van der Waals surface area (Å²) in [5, 5.41) is 11.7. The van der Waals surface area contributed by atoms with E-state index in [0.29, 0.717) is 5.84 Å². The first-order chi connectivity index (χ1) is 7.44. The second-order valence-corrected chi connectivity index (χ2v) is 5.13. The van der Waals surface area contributed by atoms with Gasteiger partial charge in [0, 0.05) is 5.41 Å². The maximum Gasteiger partial charge on any atom is 0.144 e. The summed E-state index contributed by atoms with van der Waals surface area (Å²) < 4.78 is 0. The van der Waals surface area contributed by atoms with Crippen molar-refractivity contribution in [2.75, 3.05) is 20.1 Å².